The zero-order chi connectivity index (χ0) is 13.2. The van der Waals surface area contributed by atoms with Crippen molar-refractivity contribution >= 4 is 27.3 Å². The van der Waals surface area contributed by atoms with E-state index in [1.165, 1.54) is 0 Å². The van der Waals surface area contributed by atoms with Gasteiger partial charge in [-0.1, -0.05) is 18.2 Å². The molecule has 3 rings (SSSR count). The van der Waals surface area contributed by atoms with Gasteiger partial charge in [0.1, 0.15) is 0 Å². The van der Waals surface area contributed by atoms with Gasteiger partial charge in [0.05, 0.1) is 17.4 Å². The number of benzene rings is 1. The second-order valence-electron chi connectivity index (χ2n) is 4.13. The Balaban J connectivity index is 1.92. The largest absolute Gasteiger partial charge is 0.318 e. The van der Waals surface area contributed by atoms with Crippen LogP contribution in [0.3, 0.4) is 0 Å². The Morgan fingerprint density at radius 2 is 1.95 bits per heavy atom. The number of hydrogen-bond donors (Lipinski definition) is 1. The monoisotopic (exact) mass is 333 g/mol. The molecule has 0 radical (unpaired) electrons. The molecule has 0 aliphatic rings. The number of hydrogen-bond acceptors (Lipinski definition) is 3. The molecule has 2 N–H and O–H groups in total. The Bertz CT molecular complexity index is 675. The summed E-state index contributed by atoms with van der Waals surface area (Å²) in [5, 5.41) is 6.58. The molecule has 19 heavy (non-hydrogen) atoms. The minimum atomic E-state index is -0.195. The first-order valence-electron chi connectivity index (χ1n) is 5.85. The standard InChI is InChI=1S/C14H12BrN3S/c15-11-7-9-19-14(11)13(16)12-6-8-18(17-12)10-4-2-1-3-5-10/h1-9,13H,16H2. The molecular formula is C14H12BrN3S. The highest BCUT2D eigenvalue weighted by Gasteiger charge is 2.16. The van der Waals surface area contributed by atoms with Crippen LogP contribution in [-0.2, 0) is 0 Å². The molecule has 0 aliphatic carbocycles. The maximum absolute atomic E-state index is 6.26. The second-order valence-corrected chi connectivity index (χ2v) is 5.93. The molecule has 0 aliphatic heterocycles. The van der Waals surface area contributed by atoms with Crippen molar-refractivity contribution in [3.05, 3.63) is 69.1 Å². The molecule has 0 saturated heterocycles. The normalized spacial score (nSPS) is 12.5. The zero-order valence-corrected chi connectivity index (χ0v) is 12.4. The number of thiophene rings is 1. The topological polar surface area (TPSA) is 43.8 Å². The highest BCUT2D eigenvalue weighted by atomic mass is 79.9. The van der Waals surface area contributed by atoms with Crippen LogP contribution in [0.25, 0.3) is 5.69 Å². The summed E-state index contributed by atoms with van der Waals surface area (Å²) < 4.78 is 2.88. The van der Waals surface area contributed by atoms with Crippen molar-refractivity contribution in [2.45, 2.75) is 6.04 Å². The number of halogens is 1. The first kappa shape index (κ1) is 12.6. The molecule has 0 fully saturated rings. The van der Waals surface area contributed by atoms with Gasteiger partial charge in [0.2, 0.25) is 0 Å². The van der Waals surface area contributed by atoms with Gasteiger partial charge < -0.3 is 5.73 Å². The van der Waals surface area contributed by atoms with Gasteiger partial charge in [0.25, 0.3) is 0 Å². The first-order chi connectivity index (χ1) is 9.25. The SMILES string of the molecule is NC(c1ccn(-c2ccccc2)n1)c1sccc1Br. The van der Waals surface area contributed by atoms with Crippen molar-refractivity contribution in [3.63, 3.8) is 0 Å². The molecule has 1 atom stereocenters. The van der Waals surface area contributed by atoms with Gasteiger partial charge in [-0.05, 0) is 45.6 Å². The molecule has 0 spiro atoms. The van der Waals surface area contributed by atoms with Gasteiger partial charge in [-0.2, -0.15) is 5.10 Å². The average molecular weight is 334 g/mol. The zero-order valence-electron chi connectivity index (χ0n) is 10.0. The second kappa shape index (κ2) is 5.28. The lowest BCUT2D eigenvalue weighted by molar-refractivity contribution is 0.780. The van der Waals surface area contributed by atoms with Gasteiger partial charge in [0.15, 0.2) is 0 Å². The fourth-order valence-corrected chi connectivity index (χ4v) is 3.52. The third kappa shape index (κ3) is 2.49. The van der Waals surface area contributed by atoms with Crippen LogP contribution in [0.5, 0.6) is 0 Å². The number of para-hydroxylation sites is 1. The lowest BCUT2D eigenvalue weighted by Gasteiger charge is -2.07. The van der Waals surface area contributed by atoms with Crippen LogP contribution in [0.4, 0.5) is 0 Å². The van der Waals surface area contributed by atoms with E-state index in [2.05, 4.69) is 21.0 Å². The van der Waals surface area contributed by atoms with Gasteiger partial charge in [0, 0.05) is 15.5 Å². The van der Waals surface area contributed by atoms with Crippen LogP contribution < -0.4 is 5.73 Å². The van der Waals surface area contributed by atoms with E-state index in [-0.39, 0.29) is 6.04 Å². The maximum atomic E-state index is 6.26. The summed E-state index contributed by atoms with van der Waals surface area (Å²) in [6, 6.07) is 13.8. The Morgan fingerprint density at radius 1 is 1.16 bits per heavy atom. The molecule has 5 heteroatoms. The number of aromatic nitrogens is 2. The van der Waals surface area contributed by atoms with Crippen molar-refractivity contribution in [2.24, 2.45) is 5.73 Å². The van der Waals surface area contributed by atoms with E-state index >= 15 is 0 Å². The van der Waals surface area contributed by atoms with Crippen LogP contribution >= 0.6 is 27.3 Å². The minimum Gasteiger partial charge on any atom is -0.318 e. The highest BCUT2D eigenvalue weighted by Crippen LogP contribution is 2.30. The molecule has 2 heterocycles. The lowest BCUT2D eigenvalue weighted by Crippen LogP contribution is -2.12. The Hall–Kier alpha value is -1.43. The van der Waals surface area contributed by atoms with Crippen LogP contribution in [0, 0.1) is 0 Å². The van der Waals surface area contributed by atoms with Crippen molar-refractivity contribution in [2.75, 3.05) is 0 Å². The van der Waals surface area contributed by atoms with E-state index < -0.39 is 0 Å². The number of nitrogens with two attached hydrogens (primary N) is 1. The van der Waals surface area contributed by atoms with E-state index in [1.807, 2.05) is 58.7 Å². The smallest absolute Gasteiger partial charge is 0.0850 e. The fourth-order valence-electron chi connectivity index (χ4n) is 1.89. The average Bonchev–Trinajstić information content (AvgIpc) is 3.08. The molecule has 3 nitrogen and oxygen atoms in total. The van der Waals surface area contributed by atoms with Crippen molar-refractivity contribution in [1.29, 1.82) is 0 Å². The maximum Gasteiger partial charge on any atom is 0.0850 e. The van der Waals surface area contributed by atoms with Gasteiger partial charge >= 0.3 is 0 Å². The van der Waals surface area contributed by atoms with Gasteiger partial charge in [-0.15, -0.1) is 11.3 Å². The minimum absolute atomic E-state index is 0.195. The lowest BCUT2D eigenvalue weighted by atomic mass is 10.2. The summed E-state index contributed by atoms with van der Waals surface area (Å²) in [5.41, 5.74) is 8.16. The molecule has 2 aromatic heterocycles. The molecule has 3 aromatic rings. The van der Waals surface area contributed by atoms with Crippen LogP contribution in [0.15, 0.2) is 58.5 Å². The van der Waals surface area contributed by atoms with Crippen molar-refractivity contribution in [3.8, 4) is 5.69 Å². The summed E-state index contributed by atoms with van der Waals surface area (Å²) in [6.45, 7) is 0. The molecule has 1 unspecified atom stereocenters. The molecule has 1 aromatic carbocycles. The van der Waals surface area contributed by atoms with E-state index in [9.17, 15) is 0 Å². The highest BCUT2D eigenvalue weighted by molar-refractivity contribution is 9.10. The summed E-state index contributed by atoms with van der Waals surface area (Å²) in [7, 11) is 0. The third-order valence-corrected chi connectivity index (χ3v) is 4.83. The summed E-state index contributed by atoms with van der Waals surface area (Å²) in [4.78, 5) is 1.10. The van der Waals surface area contributed by atoms with Gasteiger partial charge in [-0.3, -0.25) is 0 Å². The quantitative estimate of drug-likeness (QED) is 0.793. The fraction of sp³-hybridized carbons (Fsp3) is 0.0714. The Morgan fingerprint density at radius 3 is 2.63 bits per heavy atom. The van der Waals surface area contributed by atoms with E-state index in [4.69, 9.17) is 5.73 Å². The molecule has 96 valence electrons. The van der Waals surface area contributed by atoms with E-state index in [0.717, 1.165) is 20.7 Å². The predicted molar refractivity (Wildman–Crippen MR) is 81.6 cm³/mol. The predicted octanol–water partition coefficient (Wildman–Crippen LogP) is 3.74. The van der Waals surface area contributed by atoms with Crippen LogP contribution in [0.2, 0.25) is 0 Å². The molecule has 0 amide bonds. The third-order valence-electron chi connectivity index (χ3n) is 2.88. The van der Waals surface area contributed by atoms with E-state index in [0.29, 0.717) is 0 Å². The van der Waals surface area contributed by atoms with Crippen LogP contribution in [-0.4, -0.2) is 9.78 Å². The Kier molecular flexibility index (Phi) is 3.50. The summed E-state index contributed by atoms with van der Waals surface area (Å²) in [6.07, 6.45) is 1.94. The molecule has 0 saturated carbocycles. The molecule has 0 bridgehead atoms. The first-order valence-corrected chi connectivity index (χ1v) is 7.52. The Labute approximate surface area is 123 Å². The van der Waals surface area contributed by atoms with Gasteiger partial charge in [-0.25, -0.2) is 4.68 Å². The molecular weight excluding hydrogens is 322 g/mol. The van der Waals surface area contributed by atoms with Crippen molar-refractivity contribution in [1.82, 2.24) is 9.78 Å². The number of nitrogens with zero attached hydrogens (tertiary/aromatic N) is 2. The summed E-state index contributed by atoms with van der Waals surface area (Å²) >= 11 is 5.15. The van der Waals surface area contributed by atoms with Crippen LogP contribution in [0.1, 0.15) is 16.6 Å². The summed E-state index contributed by atoms with van der Waals surface area (Å²) in [5.74, 6) is 0. The number of rotatable bonds is 3. The van der Waals surface area contributed by atoms with E-state index in [1.54, 1.807) is 11.3 Å². The van der Waals surface area contributed by atoms with Crippen molar-refractivity contribution < 1.29 is 0 Å².